The quantitative estimate of drug-likeness (QED) is 0.657. The molecule has 2 N–H and O–H groups in total. The van der Waals surface area contributed by atoms with E-state index in [4.69, 9.17) is 5.11 Å². The molecule has 0 amide bonds. The number of benzene rings is 1. The largest absolute Gasteiger partial charge is 0.478 e. The Bertz CT molecular complexity index is 1050. The molecule has 0 spiro atoms. The van der Waals surface area contributed by atoms with Crippen LogP contribution in [0.5, 0.6) is 0 Å². The fourth-order valence-corrected chi connectivity index (χ4v) is 2.75. The van der Waals surface area contributed by atoms with Crippen LogP contribution in [0, 0.1) is 5.82 Å². The van der Waals surface area contributed by atoms with Gasteiger partial charge in [0, 0.05) is 18.0 Å². The Morgan fingerprint density at radius 2 is 2.07 bits per heavy atom. The van der Waals surface area contributed by atoms with Crippen LogP contribution in [-0.2, 0) is 0 Å². The van der Waals surface area contributed by atoms with E-state index in [-0.39, 0.29) is 17.2 Å². The van der Waals surface area contributed by atoms with Gasteiger partial charge in [-0.25, -0.2) is 27.9 Å². The number of halogens is 3. The molecule has 1 saturated carbocycles. The van der Waals surface area contributed by atoms with Crippen molar-refractivity contribution in [3.63, 3.8) is 0 Å². The Balaban J connectivity index is 1.69. The molecule has 0 unspecified atom stereocenters. The van der Waals surface area contributed by atoms with Crippen molar-refractivity contribution >= 4 is 17.6 Å². The number of anilines is 2. The summed E-state index contributed by atoms with van der Waals surface area (Å²) in [7, 11) is 0. The van der Waals surface area contributed by atoms with E-state index < -0.39 is 29.3 Å². The average Bonchev–Trinajstić information content (AvgIpc) is 3.40. The van der Waals surface area contributed by atoms with E-state index in [0.717, 1.165) is 31.2 Å². The van der Waals surface area contributed by atoms with Crippen LogP contribution in [0.15, 0.2) is 36.8 Å². The van der Waals surface area contributed by atoms with Crippen molar-refractivity contribution in [2.45, 2.75) is 25.3 Å². The number of carboxylic acid groups (broad SMARTS) is 1. The first-order valence-electron chi connectivity index (χ1n) is 8.42. The molecule has 1 aliphatic rings. The lowest BCUT2D eigenvalue weighted by molar-refractivity contribution is 0.0692. The lowest BCUT2D eigenvalue weighted by atomic mass is 10.0. The highest BCUT2D eigenvalue weighted by Gasteiger charge is 2.24. The van der Waals surface area contributed by atoms with Gasteiger partial charge >= 0.3 is 5.97 Å². The van der Waals surface area contributed by atoms with Gasteiger partial charge in [0.2, 0.25) is 5.95 Å². The first kappa shape index (κ1) is 18.0. The summed E-state index contributed by atoms with van der Waals surface area (Å²) in [5, 5.41) is 16.0. The third kappa shape index (κ3) is 3.53. The first-order valence-corrected chi connectivity index (χ1v) is 8.42. The molecule has 7 nitrogen and oxygen atoms in total. The SMILES string of the molecule is O=C(O)c1ccc(-c2nc(Nc3cnn(C4CC4)c3)ncc2C(F)F)cc1F. The molecule has 0 aliphatic heterocycles. The maximum Gasteiger partial charge on any atom is 0.338 e. The minimum atomic E-state index is -2.89. The number of aromatic carboxylic acids is 1. The number of hydrogen-bond donors (Lipinski definition) is 2. The topological polar surface area (TPSA) is 92.9 Å². The smallest absolute Gasteiger partial charge is 0.338 e. The second-order valence-electron chi connectivity index (χ2n) is 6.36. The highest BCUT2D eigenvalue weighted by Crippen LogP contribution is 2.35. The second kappa shape index (κ2) is 6.95. The van der Waals surface area contributed by atoms with Gasteiger partial charge in [-0.2, -0.15) is 5.10 Å². The van der Waals surface area contributed by atoms with Crippen molar-refractivity contribution in [1.29, 1.82) is 0 Å². The summed E-state index contributed by atoms with van der Waals surface area (Å²) in [6.45, 7) is 0. The Kier molecular flexibility index (Phi) is 4.46. The summed E-state index contributed by atoms with van der Waals surface area (Å²) in [6, 6.07) is 3.49. The van der Waals surface area contributed by atoms with Gasteiger partial charge < -0.3 is 10.4 Å². The van der Waals surface area contributed by atoms with E-state index in [9.17, 15) is 18.0 Å². The molecule has 0 saturated heterocycles. The van der Waals surface area contributed by atoms with Crippen LogP contribution in [-0.4, -0.2) is 30.8 Å². The number of carboxylic acids is 1. The highest BCUT2D eigenvalue weighted by molar-refractivity contribution is 5.88. The van der Waals surface area contributed by atoms with Crippen molar-refractivity contribution in [3.8, 4) is 11.3 Å². The maximum absolute atomic E-state index is 14.0. The lowest BCUT2D eigenvalue weighted by Gasteiger charge is -2.11. The monoisotopic (exact) mass is 389 g/mol. The van der Waals surface area contributed by atoms with E-state index in [1.165, 1.54) is 6.07 Å². The molecule has 2 heterocycles. The third-order valence-corrected chi connectivity index (χ3v) is 4.30. The zero-order valence-corrected chi connectivity index (χ0v) is 14.3. The number of carbonyl (C=O) groups is 1. The van der Waals surface area contributed by atoms with E-state index in [1.807, 2.05) is 0 Å². The van der Waals surface area contributed by atoms with Crippen LogP contribution >= 0.6 is 0 Å². The molecular weight excluding hydrogens is 375 g/mol. The molecule has 1 aliphatic carbocycles. The molecule has 0 atom stereocenters. The molecule has 2 aromatic heterocycles. The molecule has 144 valence electrons. The van der Waals surface area contributed by atoms with Gasteiger partial charge in [-0.3, -0.25) is 4.68 Å². The summed E-state index contributed by atoms with van der Waals surface area (Å²) in [5.74, 6) is -2.45. The summed E-state index contributed by atoms with van der Waals surface area (Å²) in [5.41, 5.74) is -0.603. The number of hydrogen-bond acceptors (Lipinski definition) is 5. The second-order valence-corrected chi connectivity index (χ2v) is 6.36. The molecule has 10 heteroatoms. The number of aromatic nitrogens is 4. The van der Waals surface area contributed by atoms with E-state index >= 15 is 0 Å². The lowest BCUT2D eigenvalue weighted by Crippen LogP contribution is -2.04. The van der Waals surface area contributed by atoms with Gasteiger partial charge in [-0.15, -0.1) is 0 Å². The molecule has 1 fully saturated rings. The predicted molar refractivity (Wildman–Crippen MR) is 93.1 cm³/mol. The van der Waals surface area contributed by atoms with Crippen molar-refractivity contribution in [3.05, 3.63) is 53.7 Å². The Morgan fingerprint density at radius 3 is 2.71 bits per heavy atom. The van der Waals surface area contributed by atoms with E-state index in [2.05, 4.69) is 20.4 Å². The average molecular weight is 389 g/mol. The number of alkyl halides is 2. The molecule has 0 radical (unpaired) electrons. The molecule has 4 rings (SSSR count). The minimum absolute atomic E-state index is 0.0249. The Hall–Kier alpha value is -3.43. The van der Waals surface area contributed by atoms with Gasteiger partial charge in [-0.1, -0.05) is 6.07 Å². The van der Waals surface area contributed by atoms with Gasteiger partial charge in [-0.05, 0) is 25.0 Å². The highest BCUT2D eigenvalue weighted by atomic mass is 19.3. The molecule has 3 aromatic rings. The Morgan fingerprint density at radius 1 is 1.29 bits per heavy atom. The van der Waals surface area contributed by atoms with Crippen LogP contribution in [0.1, 0.15) is 41.2 Å². The van der Waals surface area contributed by atoms with Crippen LogP contribution in [0.4, 0.5) is 24.8 Å². The number of rotatable bonds is 6. The first-order chi connectivity index (χ1) is 13.4. The zero-order chi connectivity index (χ0) is 19.8. The van der Waals surface area contributed by atoms with Gasteiger partial charge in [0.15, 0.2) is 0 Å². The van der Waals surface area contributed by atoms with Gasteiger partial charge in [0.05, 0.1) is 34.7 Å². The molecule has 28 heavy (non-hydrogen) atoms. The predicted octanol–water partition coefficient (Wildman–Crippen LogP) is 4.19. The van der Waals surface area contributed by atoms with E-state index in [0.29, 0.717) is 11.7 Å². The van der Waals surface area contributed by atoms with Crippen molar-refractivity contribution in [1.82, 2.24) is 19.7 Å². The number of nitrogens with one attached hydrogen (secondary N) is 1. The summed E-state index contributed by atoms with van der Waals surface area (Å²) < 4.78 is 42.6. The standard InChI is InChI=1S/C18H14F3N5O2/c19-14-5-9(1-4-12(14)17(27)28)15-13(16(20)21)7-22-18(25-15)24-10-6-23-26(8-10)11-2-3-11/h1,4-8,11,16H,2-3H2,(H,27,28)(H,22,24,25). The maximum atomic E-state index is 14.0. The van der Waals surface area contributed by atoms with Crippen LogP contribution in [0.2, 0.25) is 0 Å². The summed E-state index contributed by atoms with van der Waals surface area (Å²) in [6.07, 6.45) is 3.53. The molecule has 0 bridgehead atoms. The van der Waals surface area contributed by atoms with Gasteiger partial charge in [0.1, 0.15) is 5.82 Å². The zero-order valence-electron chi connectivity index (χ0n) is 14.3. The van der Waals surface area contributed by atoms with Crippen LogP contribution in [0.25, 0.3) is 11.3 Å². The minimum Gasteiger partial charge on any atom is -0.478 e. The van der Waals surface area contributed by atoms with Crippen molar-refractivity contribution in [2.24, 2.45) is 0 Å². The van der Waals surface area contributed by atoms with Gasteiger partial charge in [0.25, 0.3) is 6.43 Å². The summed E-state index contributed by atoms with van der Waals surface area (Å²) >= 11 is 0. The van der Waals surface area contributed by atoms with E-state index in [1.54, 1.807) is 17.1 Å². The molecular formula is C18H14F3N5O2. The van der Waals surface area contributed by atoms with Crippen LogP contribution < -0.4 is 5.32 Å². The van der Waals surface area contributed by atoms with Crippen LogP contribution in [0.3, 0.4) is 0 Å². The fourth-order valence-electron chi connectivity index (χ4n) is 2.75. The van der Waals surface area contributed by atoms with Crippen molar-refractivity contribution < 1.29 is 23.1 Å². The molecule has 1 aromatic carbocycles. The third-order valence-electron chi connectivity index (χ3n) is 4.30. The van der Waals surface area contributed by atoms with Crippen molar-refractivity contribution in [2.75, 3.05) is 5.32 Å². The normalized spacial score (nSPS) is 13.7. The fraction of sp³-hybridized carbons (Fsp3) is 0.222. The number of nitrogens with zero attached hydrogens (tertiary/aromatic N) is 4. The Labute approximate surface area is 156 Å². The summed E-state index contributed by atoms with van der Waals surface area (Å²) in [4.78, 5) is 18.9.